The Morgan fingerprint density at radius 2 is 1.84 bits per heavy atom. The Morgan fingerprint density at radius 3 is 2.48 bits per heavy atom. The summed E-state index contributed by atoms with van der Waals surface area (Å²) in [5.41, 5.74) is 2.65. The molecule has 0 fully saturated rings. The van der Waals surface area contributed by atoms with E-state index in [4.69, 9.17) is 0 Å². The molecule has 0 saturated carbocycles. The van der Waals surface area contributed by atoms with Crippen LogP contribution in [0.1, 0.15) is 17.4 Å². The van der Waals surface area contributed by atoms with Crippen LogP contribution in [-0.2, 0) is 4.79 Å². The van der Waals surface area contributed by atoms with E-state index in [2.05, 4.69) is 20.9 Å². The molecular weight excluding hydrogens is 318 g/mol. The summed E-state index contributed by atoms with van der Waals surface area (Å²) in [6.45, 7) is 2.81. The standard InChI is InChI=1S/C18H23N5O2/c1-13(24)21-14-5-4-6-15(11-14)22-16-7-8-17(20-12-16)18(25)19-9-10-23(2)3/h4-8,11-12,22H,9-10H2,1-3H3,(H,19,25)(H,21,24). The SMILES string of the molecule is CC(=O)Nc1cccc(Nc2ccc(C(=O)NCCN(C)C)nc2)c1. The molecule has 2 aromatic rings. The summed E-state index contributed by atoms with van der Waals surface area (Å²) in [5.74, 6) is -0.315. The zero-order valence-electron chi connectivity index (χ0n) is 14.7. The fourth-order valence-electron chi connectivity index (χ4n) is 2.13. The second-order valence-electron chi connectivity index (χ2n) is 5.88. The van der Waals surface area contributed by atoms with Crippen molar-refractivity contribution in [2.24, 2.45) is 0 Å². The van der Waals surface area contributed by atoms with E-state index in [-0.39, 0.29) is 11.8 Å². The third-order valence-corrected chi connectivity index (χ3v) is 3.31. The smallest absolute Gasteiger partial charge is 0.269 e. The number of pyridine rings is 1. The van der Waals surface area contributed by atoms with Gasteiger partial charge in [0.2, 0.25) is 5.91 Å². The average Bonchev–Trinajstić information content (AvgIpc) is 2.55. The van der Waals surface area contributed by atoms with E-state index in [1.165, 1.54) is 6.92 Å². The van der Waals surface area contributed by atoms with Crippen LogP contribution in [0, 0.1) is 0 Å². The topological polar surface area (TPSA) is 86.4 Å². The van der Waals surface area contributed by atoms with Gasteiger partial charge in [0.1, 0.15) is 5.69 Å². The maximum atomic E-state index is 12.0. The van der Waals surface area contributed by atoms with Crippen LogP contribution in [0.4, 0.5) is 17.1 Å². The van der Waals surface area contributed by atoms with Gasteiger partial charge in [-0.25, -0.2) is 4.98 Å². The van der Waals surface area contributed by atoms with E-state index >= 15 is 0 Å². The van der Waals surface area contributed by atoms with Crippen molar-refractivity contribution in [1.82, 2.24) is 15.2 Å². The Labute approximate surface area is 147 Å². The van der Waals surface area contributed by atoms with Gasteiger partial charge in [-0.1, -0.05) is 6.07 Å². The van der Waals surface area contributed by atoms with Crippen LogP contribution in [0.5, 0.6) is 0 Å². The van der Waals surface area contributed by atoms with E-state index in [1.54, 1.807) is 18.3 Å². The molecule has 0 saturated heterocycles. The lowest BCUT2D eigenvalue weighted by Gasteiger charge is -2.11. The molecule has 1 aromatic carbocycles. The molecule has 0 aliphatic rings. The van der Waals surface area contributed by atoms with Crippen LogP contribution < -0.4 is 16.0 Å². The first-order valence-electron chi connectivity index (χ1n) is 7.97. The molecule has 0 atom stereocenters. The Hall–Kier alpha value is -2.93. The number of carbonyl (C=O) groups is 2. The molecule has 1 heterocycles. The Morgan fingerprint density at radius 1 is 1.08 bits per heavy atom. The molecule has 7 nitrogen and oxygen atoms in total. The van der Waals surface area contributed by atoms with Gasteiger partial charge in [0.25, 0.3) is 5.91 Å². The highest BCUT2D eigenvalue weighted by atomic mass is 16.2. The number of aromatic nitrogens is 1. The second-order valence-corrected chi connectivity index (χ2v) is 5.88. The summed E-state index contributed by atoms with van der Waals surface area (Å²) in [6.07, 6.45) is 1.60. The first-order chi connectivity index (χ1) is 11.9. The van der Waals surface area contributed by atoms with Gasteiger partial charge in [0.15, 0.2) is 0 Å². The lowest BCUT2D eigenvalue weighted by Crippen LogP contribution is -2.31. The molecule has 1 aromatic heterocycles. The summed E-state index contributed by atoms with van der Waals surface area (Å²) < 4.78 is 0. The lowest BCUT2D eigenvalue weighted by molar-refractivity contribution is -0.114. The quantitative estimate of drug-likeness (QED) is 0.718. The molecule has 2 rings (SSSR count). The fraction of sp³-hybridized carbons (Fsp3) is 0.278. The number of likely N-dealkylation sites (N-methyl/N-ethyl adjacent to an activating group) is 1. The zero-order chi connectivity index (χ0) is 18.2. The third-order valence-electron chi connectivity index (χ3n) is 3.31. The second kappa shape index (κ2) is 8.79. The van der Waals surface area contributed by atoms with Gasteiger partial charge < -0.3 is 20.9 Å². The van der Waals surface area contributed by atoms with Crippen molar-refractivity contribution in [1.29, 1.82) is 0 Å². The van der Waals surface area contributed by atoms with E-state index in [9.17, 15) is 9.59 Å². The van der Waals surface area contributed by atoms with Gasteiger partial charge in [-0.3, -0.25) is 9.59 Å². The molecular formula is C18H23N5O2. The minimum Gasteiger partial charge on any atom is -0.354 e. The number of amides is 2. The van der Waals surface area contributed by atoms with Crippen LogP contribution in [0.2, 0.25) is 0 Å². The molecule has 0 unspecified atom stereocenters. The number of rotatable bonds is 7. The Bertz CT molecular complexity index is 729. The van der Waals surface area contributed by atoms with Gasteiger partial charge >= 0.3 is 0 Å². The maximum absolute atomic E-state index is 12.0. The summed E-state index contributed by atoms with van der Waals surface area (Å²) in [4.78, 5) is 29.3. The fourth-order valence-corrected chi connectivity index (χ4v) is 2.13. The minimum atomic E-state index is -0.193. The Kier molecular flexibility index (Phi) is 6.47. The molecule has 0 spiro atoms. The average molecular weight is 341 g/mol. The van der Waals surface area contributed by atoms with Gasteiger partial charge in [0.05, 0.1) is 11.9 Å². The van der Waals surface area contributed by atoms with Crippen molar-refractivity contribution in [3.8, 4) is 0 Å². The molecule has 132 valence electrons. The highest BCUT2D eigenvalue weighted by molar-refractivity contribution is 5.92. The molecule has 25 heavy (non-hydrogen) atoms. The van der Waals surface area contributed by atoms with E-state index in [1.807, 2.05) is 43.3 Å². The van der Waals surface area contributed by atoms with E-state index in [0.717, 1.165) is 17.9 Å². The van der Waals surface area contributed by atoms with Gasteiger partial charge in [-0.05, 0) is 44.4 Å². The predicted molar refractivity (Wildman–Crippen MR) is 99.2 cm³/mol. The largest absolute Gasteiger partial charge is 0.354 e. The summed E-state index contributed by atoms with van der Waals surface area (Å²) in [6, 6.07) is 10.8. The van der Waals surface area contributed by atoms with E-state index < -0.39 is 0 Å². The molecule has 2 amide bonds. The van der Waals surface area contributed by atoms with Crippen LogP contribution in [0.25, 0.3) is 0 Å². The van der Waals surface area contributed by atoms with Crippen molar-refractivity contribution in [3.05, 3.63) is 48.3 Å². The minimum absolute atomic E-state index is 0.122. The molecule has 3 N–H and O–H groups in total. The molecule has 0 bridgehead atoms. The maximum Gasteiger partial charge on any atom is 0.269 e. The van der Waals surface area contributed by atoms with Crippen molar-refractivity contribution in [2.75, 3.05) is 37.8 Å². The summed E-state index contributed by atoms with van der Waals surface area (Å²) >= 11 is 0. The third kappa shape index (κ3) is 6.23. The van der Waals surface area contributed by atoms with E-state index in [0.29, 0.717) is 17.9 Å². The molecule has 0 radical (unpaired) electrons. The lowest BCUT2D eigenvalue weighted by atomic mass is 10.2. The van der Waals surface area contributed by atoms with Crippen molar-refractivity contribution in [2.45, 2.75) is 6.92 Å². The Balaban J connectivity index is 1.96. The first-order valence-corrected chi connectivity index (χ1v) is 7.97. The van der Waals surface area contributed by atoms with Gasteiger partial charge in [0, 0.05) is 31.4 Å². The van der Waals surface area contributed by atoms with Crippen molar-refractivity contribution >= 4 is 28.9 Å². The first kappa shape index (κ1) is 18.4. The number of benzene rings is 1. The zero-order valence-corrected chi connectivity index (χ0v) is 14.7. The number of hydrogen-bond donors (Lipinski definition) is 3. The highest BCUT2D eigenvalue weighted by Gasteiger charge is 2.07. The number of hydrogen-bond acceptors (Lipinski definition) is 5. The van der Waals surface area contributed by atoms with Gasteiger partial charge in [-0.2, -0.15) is 0 Å². The molecule has 7 heteroatoms. The summed E-state index contributed by atoms with van der Waals surface area (Å²) in [5, 5.41) is 8.74. The van der Waals surface area contributed by atoms with Crippen LogP contribution in [0.15, 0.2) is 42.6 Å². The normalized spacial score (nSPS) is 10.4. The number of anilines is 3. The molecule has 0 aliphatic carbocycles. The van der Waals surface area contributed by atoms with Crippen LogP contribution in [0.3, 0.4) is 0 Å². The molecule has 0 aliphatic heterocycles. The van der Waals surface area contributed by atoms with Crippen molar-refractivity contribution in [3.63, 3.8) is 0 Å². The predicted octanol–water partition coefficient (Wildman–Crippen LogP) is 2.07. The van der Waals surface area contributed by atoms with Gasteiger partial charge in [-0.15, -0.1) is 0 Å². The number of nitrogens with one attached hydrogen (secondary N) is 3. The monoisotopic (exact) mass is 341 g/mol. The summed E-state index contributed by atoms with van der Waals surface area (Å²) in [7, 11) is 3.90. The van der Waals surface area contributed by atoms with Crippen LogP contribution in [-0.4, -0.2) is 48.9 Å². The highest BCUT2D eigenvalue weighted by Crippen LogP contribution is 2.19. The number of carbonyl (C=O) groups excluding carboxylic acids is 2. The van der Waals surface area contributed by atoms with Crippen LogP contribution >= 0.6 is 0 Å². The van der Waals surface area contributed by atoms with Crippen molar-refractivity contribution < 1.29 is 9.59 Å². The number of nitrogens with zero attached hydrogens (tertiary/aromatic N) is 2.